The van der Waals surface area contributed by atoms with Gasteiger partial charge in [-0.1, -0.05) is 96.2 Å². The third kappa shape index (κ3) is 5.12. The highest BCUT2D eigenvalue weighted by atomic mass is 32.2. The number of aromatic nitrogens is 1. The molecule has 2 N–H and O–H groups in total. The molecule has 1 unspecified atom stereocenters. The van der Waals surface area contributed by atoms with E-state index in [0.29, 0.717) is 28.8 Å². The number of benzene rings is 3. The number of carbonyl (C=O) groups excluding carboxylic acids is 2. The number of amides is 2. The second-order valence-electron chi connectivity index (χ2n) is 9.43. The molecule has 2 amide bonds. The maximum atomic E-state index is 13.4. The molecular weight excluding hydrogens is 555 g/mol. The van der Waals surface area contributed by atoms with E-state index >= 15 is 0 Å². The predicted molar refractivity (Wildman–Crippen MR) is 162 cm³/mol. The van der Waals surface area contributed by atoms with E-state index < -0.39 is 11.4 Å². The Balaban J connectivity index is 1.36. The number of oxime groups is 1. The van der Waals surface area contributed by atoms with Crippen molar-refractivity contribution in [1.29, 1.82) is 0 Å². The van der Waals surface area contributed by atoms with Gasteiger partial charge >= 0.3 is 0 Å². The molecule has 0 saturated carbocycles. The first kappa shape index (κ1) is 26.8. The molecule has 10 heteroatoms. The van der Waals surface area contributed by atoms with Crippen molar-refractivity contribution in [2.75, 3.05) is 18.2 Å². The van der Waals surface area contributed by atoms with Crippen LogP contribution in [0.5, 0.6) is 0 Å². The van der Waals surface area contributed by atoms with E-state index in [2.05, 4.69) is 52.2 Å². The lowest BCUT2D eigenvalue weighted by Gasteiger charge is -2.43. The average Bonchev–Trinajstić information content (AvgIpc) is 3.47. The monoisotopic (exact) mass is 581 g/mol. The summed E-state index contributed by atoms with van der Waals surface area (Å²) in [5.41, 5.74) is 2.72. The van der Waals surface area contributed by atoms with Crippen LogP contribution in [0.25, 0.3) is 0 Å². The van der Waals surface area contributed by atoms with Crippen molar-refractivity contribution >= 4 is 45.8 Å². The molecule has 3 heterocycles. The predicted octanol–water partition coefficient (Wildman–Crippen LogP) is 5.16. The average molecular weight is 582 g/mol. The number of nitrogens with zero attached hydrogens (tertiary/aromatic N) is 3. The van der Waals surface area contributed by atoms with Gasteiger partial charge in [-0.25, -0.2) is 4.98 Å². The molecule has 206 valence electrons. The summed E-state index contributed by atoms with van der Waals surface area (Å²) in [7, 11) is 1.38. The molecular formula is C31H27N5O3S2. The Bertz CT molecular complexity index is 1510. The third-order valence-corrected chi connectivity index (χ3v) is 8.91. The Labute approximate surface area is 246 Å². The number of thiazole rings is 1. The van der Waals surface area contributed by atoms with Crippen molar-refractivity contribution < 1.29 is 14.4 Å². The van der Waals surface area contributed by atoms with Crippen LogP contribution >= 0.6 is 23.1 Å². The number of fused-ring (bicyclic) bond motifs is 1. The Hall–Kier alpha value is -4.41. The molecule has 4 aromatic rings. The quantitative estimate of drug-likeness (QED) is 0.123. The molecule has 1 atom stereocenters. The minimum atomic E-state index is -0.767. The molecule has 6 rings (SSSR count). The second kappa shape index (κ2) is 11.6. The smallest absolute Gasteiger partial charge is 0.281 e. The van der Waals surface area contributed by atoms with Gasteiger partial charge in [0, 0.05) is 11.1 Å². The van der Waals surface area contributed by atoms with Crippen molar-refractivity contribution in [2.45, 2.75) is 17.3 Å². The highest BCUT2D eigenvalue weighted by molar-refractivity contribution is 8.00. The van der Waals surface area contributed by atoms with Gasteiger partial charge in [0.15, 0.2) is 10.8 Å². The standard InChI is InChI=1S/C31H27N5O3S2/c1-39-35-28(29(38)33-25-17-18-40-27-19-26(37)36(25)27)24-20-41-30(32-24)34-31(21-11-5-2-6-12-21,22-13-7-3-8-14-22)23-15-9-4-10-16-23/h2-17,20,27H,18-19H2,1H3,(H,32,34)(H,33,38). The van der Waals surface area contributed by atoms with Gasteiger partial charge in [-0.3, -0.25) is 14.5 Å². The van der Waals surface area contributed by atoms with Gasteiger partial charge in [0.1, 0.15) is 24.2 Å². The largest absolute Gasteiger partial charge is 0.398 e. The van der Waals surface area contributed by atoms with E-state index in [1.807, 2.05) is 60.7 Å². The van der Waals surface area contributed by atoms with Crippen LogP contribution in [0.15, 0.2) is 113 Å². The molecule has 3 aromatic carbocycles. The lowest BCUT2D eigenvalue weighted by molar-refractivity contribution is -0.139. The molecule has 41 heavy (non-hydrogen) atoms. The molecule has 1 saturated heterocycles. The summed E-state index contributed by atoms with van der Waals surface area (Å²) >= 11 is 3.04. The van der Waals surface area contributed by atoms with E-state index in [1.54, 1.807) is 22.0 Å². The van der Waals surface area contributed by atoms with E-state index in [1.165, 1.54) is 18.4 Å². The van der Waals surface area contributed by atoms with Crippen LogP contribution in [-0.4, -0.2) is 45.6 Å². The first-order valence-electron chi connectivity index (χ1n) is 13.1. The molecule has 0 bridgehead atoms. The lowest BCUT2D eigenvalue weighted by Crippen LogP contribution is -2.55. The zero-order valence-electron chi connectivity index (χ0n) is 22.2. The molecule has 0 radical (unpaired) electrons. The van der Waals surface area contributed by atoms with Crippen molar-refractivity contribution in [3.05, 3.63) is 131 Å². The minimum Gasteiger partial charge on any atom is -0.398 e. The Kier molecular flexibility index (Phi) is 7.58. The number of hydrogen-bond donors (Lipinski definition) is 2. The molecule has 2 aliphatic heterocycles. The number of anilines is 1. The number of nitrogens with one attached hydrogen (secondary N) is 2. The first-order chi connectivity index (χ1) is 20.1. The van der Waals surface area contributed by atoms with Crippen LogP contribution in [-0.2, 0) is 20.0 Å². The highest BCUT2D eigenvalue weighted by Gasteiger charge is 2.42. The number of carbonyl (C=O) groups is 2. The summed E-state index contributed by atoms with van der Waals surface area (Å²) in [5, 5.41) is 13.0. The van der Waals surface area contributed by atoms with Gasteiger partial charge in [0.2, 0.25) is 5.91 Å². The third-order valence-electron chi connectivity index (χ3n) is 7.03. The normalized spacial score (nSPS) is 16.8. The molecule has 2 aliphatic rings. The van der Waals surface area contributed by atoms with Crippen molar-refractivity contribution in [3.63, 3.8) is 0 Å². The van der Waals surface area contributed by atoms with Gasteiger partial charge in [0.05, 0.1) is 11.8 Å². The van der Waals surface area contributed by atoms with E-state index in [0.717, 1.165) is 16.7 Å². The fraction of sp³-hybridized carbons (Fsp3) is 0.161. The summed E-state index contributed by atoms with van der Waals surface area (Å²) in [4.78, 5) is 37.0. The van der Waals surface area contributed by atoms with Crippen molar-refractivity contribution in [2.24, 2.45) is 5.16 Å². The van der Waals surface area contributed by atoms with Gasteiger partial charge in [-0.2, -0.15) is 0 Å². The van der Waals surface area contributed by atoms with Gasteiger partial charge in [0.25, 0.3) is 5.91 Å². The fourth-order valence-corrected chi connectivity index (χ4v) is 6.98. The minimum absolute atomic E-state index is 0.0156. The number of hydrogen-bond acceptors (Lipinski definition) is 8. The summed E-state index contributed by atoms with van der Waals surface area (Å²) in [6.07, 6.45) is 2.31. The summed E-state index contributed by atoms with van der Waals surface area (Å²) < 4.78 is 0. The second-order valence-corrected chi connectivity index (χ2v) is 11.5. The zero-order valence-corrected chi connectivity index (χ0v) is 23.8. The topological polar surface area (TPSA) is 95.9 Å². The molecule has 0 aliphatic carbocycles. The highest BCUT2D eigenvalue weighted by Crippen LogP contribution is 2.41. The first-order valence-corrected chi connectivity index (χ1v) is 15.0. The number of rotatable bonds is 9. The van der Waals surface area contributed by atoms with Crippen LogP contribution in [0.4, 0.5) is 5.13 Å². The van der Waals surface area contributed by atoms with Crippen molar-refractivity contribution in [3.8, 4) is 0 Å². The Morgan fingerprint density at radius 1 is 0.976 bits per heavy atom. The summed E-state index contributed by atoms with van der Waals surface area (Å²) in [6, 6.07) is 30.6. The van der Waals surface area contributed by atoms with E-state index in [4.69, 9.17) is 9.82 Å². The van der Waals surface area contributed by atoms with E-state index in [9.17, 15) is 9.59 Å². The van der Waals surface area contributed by atoms with Crippen LogP contribution in [0.3, 0.4) is 0 Å². The zero-order chi connectivity index (χ0) is 28.2. The van der Waals surface area contributed by atoms with Crippen LogP contribution < -0.4 is 10.6 Å². The van der Waals surface area contributed by atoms with Gasteiger partial charge in [-0.05, 0) is 22.8 Å². The van der Waals surface area contributed by atoms with Gasteiger partial charge < -0.3 is 15.5 Å². The summed E-state index contributed by atoms with van der Waals surface area (Å²) in [6.45, 7) is 0. The lowest BCUT2D eigenvalue weighted by atomic mass is 9.77. The fourth-order valence-electron chi connectivity index (χ4n) is 5.11. The number of thioether (sulfide) groups is 1. The van der Waals surface area contributed by atoms with Gasteiger partial charge in [-0.15, -0.1) is 23.1 Å². The van der Waals surface area contributed by atoms with Crippen molar-refractivity contribution in [1.82, 2.24) is 15.2 Å². The van der Waals surface area contributed by atoms with E-state index in [-0.39, 0.29) is 17.0 Å². The maximum Gasteiger partial charge on any atom is 0.281 e. The molecule has 1 aromatic heterocycles. The maximum absolute atomic E-state index is 13.4. The van der Waals surface area contributed by atoms with Crippen LogP contribution in [0.1, 0.15) is 28.8 Å². The Morgan fingerprint density at radius 2 is 1.56 bits per heavy atom. The molecule has 0 spiro atoms. The van der Waals surface area contributed by atoms with Crippen LogP contribution in [0, 0.1) is 0 Å². The number of β-lactam (4-membered cyclic amide) rings is 1. The van der Waals surface area contributed by atoms with Crippen LogP contribution in [0.2, 0.25) is 0 Å². The molecule has 8 nitrogen and oxygen atoms in total. The Morgan fingerprint density at radius 3 is 2.10 bits per heavy atom. The molecule has 1 fully saturated rings. The SMILES string of the molecule is CON=C(C(=O)NC1=CCSC2CC(=O)N12)c1csc(NC(c2ccccc2)(c2ccccc2)c2ccccc2)n1. The summed E-state index contributed by atoms with van der Waals surface area (Å²) in [5.74, 6) is 0.675.